The summed E-state index contributed by atoms with van der Waals surface area (Å²) in [5.74, 6) is -0.673. The van der Waals surface area contributed by atoms with Crippen LogP contribution in [0.2, 0.25) is 0 Å². The largest absolute Gasteiger partial charge is 0.467 e. The number of amides is 1. The fourth-order valence-corrected chi connectivity index (χ4v) is 1.85. The highest BCUT2D eigenvalue weighted by atomic mass is 16.6. The van der Waals surface area contributed by atoms with Gasteiger partial charge in [-0.25, -0.2) is 9.59 Å². The molecule has 2 N–H and O–H groups in total. The first-order chi connectivity index (χ1) is 10.1. The van der Waals surface area contributed by atoms with Gasteiger partial charge in [0.05, 0.1) is 7.11 Å². The number of carbonyl (C=O) groups excluding carboxylic acids is 2. The van der Waals surface area contributed by atoms with E-state index in [0.717, 1.165) is 11.1 Å². The first-order valence-corrected chi connectivity index (χ1v) is 6.98. The summed E-state index contributed by atoms with van der Waals surface area (Å²) in [4.78, 5) is 22.9. The second-order valence-corrected chi connectivity index (χ2v) is 6.02. The van der Waals surface area contributed by atoms with Crippen LogP contribution in [0.4, 0.5) is 10.5 Å². The molecule has 0 fully saturated rings. The zero-order chi connectivity index (χ0) is 16.9. The number of esters is 1. The molecule has 6 nitrogen and oxygen atoms in total. The minimum atomic E-state index is -1.20. The van der Waals surface area contributed by atoms with Crippen LogP contribution in [-0.2, 0) is 20.7 Å². The van der Waals surface area contributed by atoms with E-state index in [4.69, 9.17) is 4.74 Å². The molecule has 0 heterocycles. The molecule has 0 aliphatic heterocycles. The number of rotatable bonds is 4. The molecule has 0 bridgehead atoms. The Kier molecular flexibility index (Phi) is 5.93. The third-order valence-corrected chi connectivity index (χ3v) is 2.83. The zero-order valence-electron chi connectivity index (χ0n) is 13.6. The lowest BCUT2D eigenvalue weighted by molar-refractivity contribution is -0.150. The van der Waals surface area contributed by atoms with Gasteiger partial charge in [-0.3, -0.25) is 5.32 Å². The molecule has 1 unspecified atom stereocenters. The molecular formula is C16H23NO5. The molecule has 1 rings (SSSR count). The van der Waals surface area contributed by atoms with Crippen LogP contribution in [0.5, 0.6) is 0 Å². The standard InChI is InChI=1S/C16H23NO5/c1-10-8-11(9-13(18)14(19)21-5)6-7-12(10)17-15(20)22-16(2,3)4/h6-8,13,18H,9H2,1-5H3,(H,17,20). The molecule has 122 valence electrons. The van der Waals surface area contributed by atoms with Gasteiger partial charge in [0.1, 0.15) is 5.60 Å². The monoisotopic (exact) mass is 309 g/mol. The predicted molar refractivity (Wildman–Crippen MR) is 82.8 cm³/mol. The van der Waals surface area contributed by atoms with Gasteiger partial charge in [0.2, 0.25) is 0 Å². The summed E-state index contributed by atoms with van der Waals surface area (Å²) in [6, 6.07) is 5.23. The summed E-state index contributed by atoms with van der Waals surface area (Å²) in [5.41, 5.74) is 1.62. The van der Waals surface area contributed by atoms with Gasteiger partial charge in [0, 0.05) is 12.1 Å². The van der Waals surface area contributed by atoms with Crippen LogP contribution >= 0.6 is 0 Å². The molecule has 1 amide bonds. The third-order valence-electron chi connectivity index (χ3n) is 2.83. The van der Waals surface area contributed by atoms with Gasteiger partial charge in [-0.2, -0.15) is 0 Å². The maximum atomic E-state index is 11.7. The minimum Gasteiger partial charge on any atom is -0.467 e. The van der Waals surface area contributed by atoms with Crippen LogP contribution in [0.25, 0.3) is 0 Å². The molecule has 0 aromatic heterocycles. The maximum absolute atomic E-state index is 11.7. The van der Waals surface area contributed by atoms with Crippen molar-refractivity contribution in [2.45, 2.75) is 45.8 Å². The van der Waals surface area contributed by atoms with Crippen LogP contribution in [0.1, 0.15) is 31.9 Å². The first-order valence-electron chi connectivity index (χ1n) is 6.98. The van der Waals surface area contributed by atoms with Crippen molar-refractivity contribution in [2.75, 3.05) is 12.4 Å². The van der Waals surface area contributed by atoms with E-state index >= 15 is 0 Å². The molecule has 0 saturated heterocycles. The van der Waals surface area contributed by atoms with Gasteiger partial charge in [-0.1, -0.05) is 12.1 Å². The van der Waals surface area contributed by atoms with Crippen LogP contribution in [0, 0.1) is 6.92 Å². The molecule has 1 atom stereocenters. The molecule has 1 aromatic rings. The average Bonchev–Trinajstić information content (AvgIpc) is 2.38. The highest BCUT2D eigenvalue weighted by Gasteiger charge is 2.18. The quantitative estimate of drug-likeness (QED) is 0.834. The normalized spacial score (nSPS) is 12.5. The number of hydrogen-bond donors (Lipinski definition) is 2. The number of aliphatic hydroxyl groups is 1. The lowest BCUT2D eigenvalue weighted by Crippen LogP contribution is -2.27. The number of methoxy groups -OCH3 is 1. The molecule has 1 aromatic carbocycles. The molecule has 22 heavy (non-hydrogen) atoms. The number of carbonyl (C=O) groups is 2. The highest BCUT2D eigenvalue weighted by molar-refractivity contribution is 5.86. The van der Waals surface area contributed by atoms with Crippen molar-refractivity contribution >= 4 is 17.7 Å². The van der Waals surface area contributed by atoms with Gasteiger partial charge in [0.15, 0.2) is 6.10 Å². The Balaban J connectivity index is 2.74. The van der Waals surface area contributed by atoms with Crippen molar-refractivity contribution in [3.05, 3.63) is 29.3 Å². The molecule has 0 spiro atoms. The van der Waals surface area contributed by atoms with Crippen LogP contribution in [0.3, 0.4) is 0 Å². The fourth-order valence-electron chi connectivity index (χ4n) is 1.85. The van der Waals surface area contributed by atoms with Crippen molar-refractivity contribution in [3.63, 3.8) is 0 Å². The first kappa shape index (κ1) is 18.0. The van der Waals surface area contributed by atoms with Crippen molar-refractivity contribution in [1.82, 2.24) is 0 Å². The van der Waals surface area contributed by atoms with Gasteiger partial charge in [-0.15, -0.1) is 0 Å². The Morgan fingerprint density at radius 3 is 2.45 bits per heavy atom. The molecule has 6 heteroatoms. The van der Waals surface area contributed by atoms with Gasteiger partial charge in [-0.05, 0) is 44.9 Å². The van der Waals surface area contributed by atoms with E-state index < -0.39 is 23.8 Å². The van der Waals surface area contributed by atoms with E-state index in [0.29, 0.717) is 5.69 Å². The van der Waals surface area contributed by atoms with Crippen LogP contribution in [-0.4, -0.2) is 36.0 Å². The van der Waals surface area contributed by atoms with E-state index in [1.807, 2.05) is 6.92 Å². The van der Waals surface area contributed by atoms with E-state index in [-0.39, 0.29) is 6.42 Å². The van der Waals surface area contributed by atoms with E-state index in [1.165, 1.54) is 7.11 Å². The Hall–Kier alpha value is -2.08. The van der Waals surface area contributed by atoms with E-state index in [1.54, 1.807) is 39.0 Å². The summed E-state index contributed by atoms with van der Waals surface area (Å²) < 4.78 is 9.66. The van der Waals surface area contributed by atoms with E-state index in [2.05, 4.69) is 10.1 Å². The molecular weight excluding hydrogens is 286 g/mol. The Morgan fingerprint density at radius 2 is 1.95 bits per heavy atom. The van der Waals surface area contributed by atoms with Crippen LogP contribution < -0.4 is 5.32 Å². The van der Waals surface area contributed by atoms with Gasteiger partial charge < -0.3 is 14.6 Å². The summed E-state index contributed by atoms with van der Waals surface area (Å²) in [7, 11) is 1.23. The second kappa shape index (κ2) is 7.26. The Labute approximate surface area is 130 Å². The minimum absolute atomic E-state index is 0.153. The lowest BCUT2D eigenvalue weighted by atomic mass is 10.0. The molecule has 0 radical (unpaired) electrons. The maximum Gasteiger partial charge on any atom is 0.412 e. The lowest BCUT2D eigenvalue weighted by Gasteiger charge is -2.20. The number of aryl methyl sites for hydroxylation is 1. The van der Waals surface area contributed by atoms with Crippen molar-refractivity contribution in [3.8, 4) is 0 Å². The zero-order valence-corrected chi connectivity index (χ0v) is 13.6. The third kappa shape index (κ3) is 5.73. The SMILES string of the molecule is COC(=O)C(O)Cc1ccc(NC(=O)OC(C)(C)C)c(C)c1. The Bertz CT molecular complexity index is 548. The van der Waals surface area contributed by atoms with Gasteiger partial charge in [0.25, 0.3) is 0 Å². The number of nitrogens with one attached hydrogen (secondary N) is 1. The Morgan fingerprint density at radius 1 is 1.32 bits per heavy atom. The average molecular weight is 309 g/mol. The fraction of sp³-hybridized carbons (Fsp3) is 0.500. The van der Waals surface area contributed by atoms with Crippen molar-refractivity contribution in [1.29, 1.82) is 0 Å². The smallest absolute Gasteiger partial charge is 0.412 e. The summed E-state index contributed by atoms with van der Waals surface area (Å²) in [5, 5.41) is 12.3. The van der Waals surface area contributed by atoms with Crippen molar-refractivity contribution < 1.29 is 24.2 Å². The summed E-state index contributed by atoms with van der Waals surface area (Å²) in [6.07, 6.45) is -1.58. The van der Waals surface area contributed by atoms with Crippen molar-refractivity contribution in [2.24, 2.45) is 0 Å². The van der Waals surface area contributed by atoms with Crippen LogP contribution in [0.15, 0.2) is 18.2 Å². The number of aliphatic hydroxyl groups excluding tert-OH is 1. The highest BCUT2D eigenvalue weighted by Crippen LogP contribution is 2.19. The number of ether oxygens (including phenoxy) is 2. The molecule has 0 aliphatic carbocycles. The van der Waals surface area contributed by atoms with Gasteiger partial charge >= 0.3 is 12.1 Å². The van der Waals surface area contributed by atoms with E-state index in [9.17, 15) is 14.7 Å². The number of anilines is 1. The number of benzene rings is 1. The predicted octanol–water partition coefficient (Wildman–Crippen LogP) is 2.42. The topological polar surface area (TPSA) is 84.9 Å². The second-order valence-electron chi connectivity index (χ2n) is 6.02. The summed E-state index contributed by atoms with van der Waals surface area (Å²) in [6.45, 7) is 7.19. The summed E-state index contributed by atoms with van der Waals surface area (Å²) >= 11 is 0. The number of hydrogen-bond acceptors (Lipinski definition) is 5. The molecule has 0 saturated carbocycles. The molecule has 0 aliphatic rings.